The van der Waals surface area contributed by atoms with Gasteiger partial charge in [-0.05, 0) is 32.6 Å². The summed E-state index contributed by atoms with van der Waals surface area (Å²) in [6.07, 6.45) is 3.43. The van der Waals surface area contributed by atoms with Gasteiger partial charge >= 0.3 is 5.97 Å². The summed E-state index contributed by atoms with van der Waals surface area (Å²) in [4.78, 5) is 21.9. The average Bonchev–Trinajstić information content (AvgIpc) is 2.44. The number of carboxylic acids is 1. The minimum Gasteiger partial charge on any atom is -0.480 e. The van der Waals surface area contributed by atoms with Crippen LogP contribution in [0.5, 0.6) is 5.88 Å². The summed E-state index contributed by atoms with van der Waals surface area (Å²) in [5.74, 6) is 0.165. The molecule has 0 aromatic carbocycles. The Labute approximate surface area is 118 Å². The Balaban J connectivity index is 2.25. The highest BCUT2D eigenvalue weighted by Crippen LogP contribution is 2.24. The topological polar surface area (TPSA) is 75.5 Å². The highest BCUT2D eigenvalue weighted by atomic mass is 16.5. The summed E-state index contributed by atoms with van der Waals surface area (Å²) < 4.78 is 5.54. The van der Waals surface area contributed by atoms with Gasteiger partial charge in [-0.1, -0.05) is 6.92 Å². The Morgan fingerprint density at radius 1 is 1.50 bits per heavy atom. The number of carbonyl (C=O) groups is 1. The molecule has 1 unspecified atom stereocenters. The SMILES string of the molecule is CCCOc1cc(C)nc(N2CCCCC2C(=O)O)n1. The second-order valence-electron chi connectivity index (χ2n) is 5.04. The van der Waals surface area contributed by atoms with E-state index in [9.17, 15) is 9.90 Å². The first-order valence-electron chi connectivity index (χ1n) is 7.09. The molecule has 2 rings (SSSR count). The van der Waals surface area contributed by atoms with Gasteiger partial charge < -0.3 is 14.7 Å². The van der Waals surface area contributed by atoms with E-state index in [1.807, 2.05) is 13.8 Å². The molecule has 1 N–H and O–H groups in total. The largest absolute Gasteiger partial charge is 0.480 e. The third-order valence-electron chi connectivity index (χ3n) is 3.32. The van der Waals surface area contributed by atoms with Crippen LogP contribution in [0.4, 0.5) is 5.95 Å². The van der Waals surface area contributed by atoms with E-state index in [1.54, 1.807) is 11.0 Å². The standard InChI is InChI=1S/C14H21N3O3/c1-3-8-20-12-9-10(2)15-14(16-12)17-7-5-4-6-11(17)13(18)19/h9,11H,3-8H2,1-2H3,(H,18,19). The maximum atomic E-state index is 11.4. The van der Waals surface area contributed by atoms with E-state index in [-0.39, 0.29) is 0 Å². The fourth-order valence-corrected chi connectivity index (χ4v) is 2.36. The predicted molar refractivity (Wildman–Crippen MR) is 75.2 cm³/mol. The van der Waals surface area contributed by atoms with Crippen LogP contribution in [-0.2, 0) is 4.79 Å². The van der Waals surface area contributed by atoms with E-state index in [0.29, 0.717) is 31.4 Å². The van der Waals surface area contributed by atoms with Crippen LogP contribution in [0.15, 0.2) is 6.07 Å². The van der Waals surface area contributed by atoms with Crippen LogP contribution >= 0.6 is 0 Å². The monoisotopic (exact) mass is 279 g/mol. The Morgan fingerprint density at radius 2 is 2.30 bits per heavy atom. The third-order valence-corrected chi connectivity index (χ3v) is 3.32. The van der Waals surface area contributed by atoms with E-state index in [1.165, 1.54) is 0 Å². The summed E-state index contributed by atoms with van der Waals surface area (Å²) in [5.41, 5.74) is 0.788. The van der Waals surface area contributed by atoms with E-state index in [0.717, 1.165) is 25.0 Å². The summed E-state index contributed by atoms with van der Waals surface area (Å²) in [6, 6.07) is 1.24. The molecule has 0 aliphatic carbocycles. The van der Waals surface area contributed by atoms with Crippen molar-refractivity contribution in [2.75, 3.05) is 18.1 Å². The molecule has 0 saturated carbocycles. The second-order valence-corrected chi connectivity index (χ2v) is 5.04. The van der Waals surface area contributed by atoms with Crippen LogP contribution in [0.3, 0.4) is 0 Å². The van der Waals surface area contributed by atoms with Gasteiger partial charge in [-0.15, -0.1) is 0 Å². The number of ether oxygens (including phenoxy) is 1. The van der Waals surface area contributed by atoms with Crippen molar-refractivity contribution < 1.29 is 14.6 Å². The molecule has 110 valence electrons. The Kier molecular flexibility index (Phi) is 4.76. The van der Waals surface area contributed by atoms with Crippen molar-refractivity contribution in [3.8, 4) is 5.88 Å². The van der Waals surface area contributed by atoms with Gasteiger partial charge in [-0.25, -0.2) is 9.78 Å². The maximum absolute atomic E-state index is 11.4. The van der Waals surface area contributed by atoms with Crippen molar-refractivity contribution in [2.45, 2.75) is 45.6 Å². The fraction of sp³-hybridized carbons (Fsp3) is 0.643. The molecule has 1 aliphatic rings. The van der Waals surface area contributed by atoms with Crippen LogP contribution in [0.2, 0.25) is 0 Å². The lowest BCUT2D eigenvalue weighted by atomic mass is 10.0. The highest BCUT2D eigenvalue weighted by Gasteiger charge is 2.30. The van der Waals surface area contributed by atoms with E-state index >= 15 is 0 Å². The van der Waals surface area contributed by atoms with Crippen LogP contribution in [0, 0.1) is 6.92 Å². The number of nitrogens with zero attached hydrogens (tertiary/aromatic N) is 3. The molecule has 1 aromatic heterocycles. The number of hydrogen-bond acceptors (Lipinski definition) is 5. The van der Waals surface area contributed by atoms with Crippen LogP contribution in [-0.4, -0.2) is 40.2 Å². The Morgan fingerprint density at radius 3 is 3.00 bits per heavy atom. The number of rotatable bonds is 5. The molecule has 6 heteroatoms. The quantitative estimate of drug-likeness (QED) is 0.888. The molecular weight excluding hydrogens is 258 g/mol. The smallest absolute Gasteiger partial charge is 0.326 e. The van der Waals surface area contributed by atoms with Crippen molar-refractivity contribution in [1.82, 2.24) is 9.97 Å². The fourth-order valence-electron chi connectivity index (χ4n) is 2.36. The van der Waals surface area contributed by atoms with Gasteiger partial charge in [-0.2, -0.15) is 4.98 Å². The zero-order chi connectivity index (χ0) is 14.5. The molecule has 0 radical (unpaired) electrons. The number of piperidine rings is 1. The van der Waals surface area contributed by atoms with Crippen LogP contribution < -0.4 is 9.64 Å². The highest BCUT2D eigenvalue weighted by molar-refractivity contribution is 5.77. The van der Waals surface area contributed by atoms with Crippen molar-refractivity contribution >= 4 is 11.9 Å². The van der Waals surface area contributed by atoms with Crippen molar-refractivity contribution in [3.05, 3.63) is 11.8 Å². The van der Waals surface area contributed by atoms with Crippen molar-refractivity contribution in [3.63, 3.8) is 0 Å². The molecule has 1 fully saturated rings. The van der Waals surface area contributed by atoms with Crippen LogP contribution in [0.25, 0.3) is 0 Å². The molecule has 1 aliphatic heterocycles. The number of aliphatic carboxylic acids is 1. The maximum Gasteiger partial charge on any atom is 0.326 e. The summed E-state index contributed by atoms with van der Waals surface area (Å²) in [7, 11) is 0. The van der Waals surface area contributed by atoms with Gasteiger partial charge in [-0.3, -0.25) is 0 Å². The molecule has 0 spiro atoms. The minimum atomic E-state index is -0.814. The second kappa shape index (κ2) is 6.54. The van der Waals surface area contributed by atoms with Gasteiger partial charge in [0.1, 0.15) is 6.04 Å². The molecule has 20 heavy (non-hydrogen) atoms. The van der Waals surface area contributed by atoms with E-state index in [4.69, 9.17) is 4.74 Å². The van der Waals surface area contributed by atoms with E-state index < -0.39 is 12.0 Å². The van der Waals surface area contributed by atoms with Crippen LogP contribution in [0.1, 0.15) is 38.3 Å². The first kappa shape index (κ1) is 14.6. The van der Waals surface area contributed by atoms with Crippen molar-refractivity contribution in [2.24, 2.45) is 0 Å². The number of anilines is 1. The van der Waals surface area contributed by atoms with Gasteiger partial charge in [0, 0.05) is 18.3 Å². The first-order chi connectivity index (χ1) is 9.61. The normalized spacial score (nSPS) is 18.9. The van der Waals surface area contributed by atoms with Gasteiger partial charge in [0.05, 0.1) is 6.61 Å². The summed E-state index contributed by atoms with van der Waals surface area (Å²) in [5, 5.41) is 9.32. The number of hydrogen-bond donors (Lipinski definition) is 1. The lowest BCUT2D eigenvalue weighted by Gasteiger charge is -2.33. The Bertz CT molecular complexity index is 479. The average molecular weight is 279 g/mol. The molecule has 0 amide bonds. The predicted octanol–water partition coefficient (Wildman–Crippen LogP) is 2.02. The number of carboxylic acid groups (broad SMARTS) is 1. The summed E-state index contributed by atoms with van der Waals surface area (Å²) >= 11 is 0. The lowest BCUT2D eigenvalue weighted by Crippen LogP contribution is -2.45. The molecular formula is C14H21N3O3. The van der Waals surface area contributed by atoms with Gasteiger partial charge in [0.2, 0.25) is 11.8 Å². The molecule has 1 atom stereocenters. The van der Waals surface area contributed by atoms with Gasteiger partial charge in [0.15, 0.2) is 0 Å². The number of aryl methyl sites for hydroxylation is 1. The molecule has 0 bridgehead atoms. The lowest BCUT2D eigenvalue weighted by molar-refractivity contribution is -0.139. The Hall–Kier alpha value is -1.85. The zero-order valence-electron chi connectivity index (χ0n) is 12.0. The summed E-state index contributed by atoms with van der Waals surface area (Å²) in [6.45, 7) is 5.16. The molecule has 6 nitrogen and oxygen atoms in total. The van der Waals surface area contributed by atoms with Crippen molar-refractivity contribution in [1.29, 1.82) is 0 Å². The van der Waals surface area contributed by atoms with E-state index in [2.05, 4.69) is 9.97 Å². The minimum absolute atomic E-state index is 0.461. The third kappa shape index (κ3) is 3.37. The molecule has 2 heterocycles. The molecule has 1 aromatic rings. The first-order valence-corrected chi connectivity index (χ1v) is 7.09. The van der Waals surface area contributed by atoms with Gasteiger partial charge in [0.25, 0.3) is 0 Å². The molecule has 1 saturated heterocycles. The zero-order valence-corrected chi connectivity index (χ0v) is 12.0. The number of aromatic nitrogens is 2.